The third-order valence-corrected chi connectivity index (χ3v) is 3.20. The summed E-state index contributed by atoms with van der Waals surface area (Å²) in [6.45, 7) is 5.26. The van der Waals surface area contributed by atoms with Crippen LogP contribution in [0.2, 0.25) is 0 Å². The standard InChI is InChI=1S/C15H28N4.HI/c1-5-6-7-8-13(2)18-15(16-3)17-11-14-9-10-19(4)12-14;/h9-10,12-13H,5-8,11H2,1-4H3,(H2,16,17,18);1H. The largest absolute Gasteiger partial charge is 0.357 e. The molecule has 0 aliphatic carbocycles. The summed E-state index contributed by atoms with van der Waals surface area (Å²) in [5.74, 6) is 0.882. The Kier molecular flexibility index (Phi) is 10.6. The molecule has 0 aliphatic rings. The normalized spacial score (nSPS) is 12.7. The molecule has 0 bridgehead atoms. The van der Waals surface area contributed by atoms with Crippen LogP contribution in [0.25, 0.3) is 0 Å². The lowest BCUT2D eigenvalue weighted by atomic mass is 10.1. The molecule has 0 spiro atoms. The molecule has 0 radical (unpaired) electrons. The lowest BCUT2D eigenvalue weighted by Gasteiger charge is -2.17. The molecule has 0 fully saturated rings. The second-order valence-electron chi connectivity index (χ2n) is 5.15. The number of guanidine groups is 1. The fourth-order valence-corrected chi connectivity index (χ4v) is 2.05. The number of halogens is 1. The average molecular weight is 392 g/mol. The average Bonchev–Trinajstić information content (AvgIpc) is 2.80. The van der Waals surface area contributed by atoms with Crippen molar-refractivity contribution in [2.24, 2.45) is 12.0 Å². The lowest BCUT2D eigenvalue weighted by molar-refractivity contribution is 0.546. The molecule has 1 heterocycles. The minimum atomic E-state index is 0. The van der Waals surface area contributed by atoms with Crippen molar-refractivity contribution >= 4 is 29.9 Å². The number of nitrogens with one attached hydrogen (secondary N) is 2. The first-order chi connectivity index (χ1) is 9.15. The molecule has 1 unspecified atom stereocenters. The quantitative estimate of drug-likeness (QED) is 0.324. The van der Waals surface area contributed by atoms with Crippen molar-refractivity contribution in [1.82, 2.24) is 15.2 Å². The summed E-state index contributed by atoms with van der Waals surface area (Å²) in [4.78, 5) is 4.27. The van der Waals surface area contributed by atoms with Gasteiger partial charge in [0.15, 0.2) is 5.96 Å². The van der Waals surface area contributed by atoms with Crippen LogP contribution in [0, 0.1) is 0 Å². The molecule has 116 valence electrons. The first-order valence-corrected chi connectivity index (χ1v) is 7.23. The Morgan fingerprint density at radius 3 is 2.70 bits per heavy atom. The summed E-state index contributed by atoms with van der Waals surface area (Å²) in [7, 11) is 3.85. The summed E-state index contributed by atoms with van der Waals surface area (Å²) in [5.41, 5.74) is 1.27. The number of unbranched alkanes of at least 4 members (excludes halogenated alkanes) is 2. The molecular weight excluding hydrogens is 363 g/mol. The van der Waals surface area contributed by atoms with Gasteiger partial charge in [-0.25, -0.2) is 0 Å². The molecule has 0 saturated heterocycles. The Balaban J connectivity index is 0.00000361. The predicted molar refractivity (Wildman–Crippen MR) is 97.8 cm³/mol. The number of hydrogen-bond acceptors (Lipinski definition) is 1. The van der Waals surface area contributed by atoms with Gasteiger partial charge in [0.1, 0.15) is 0 Å². The fraction of sp³-hybridized carbons (Fsp3) is 0.667. The highest BCUT2D eigenvalue weighted by atomic mass is 127. The predicted octanol–water partition coefficient (Wildman–Crippen LogP) is 3.28. The van der Waals surface area contributed by atoms with Crippen molar-refractivity contribution < 1.29 is 0 Å². The van der Waals surface area contributed by atoms with Gasteiger partial charge in [-0.1, -0.05) is 26.2 Å². The zero-order chi connectivity index (χ0) is 14.1. The Hall–Kier alpha value is -0.720. The molecule has 0 amide bonds. The van der Waals surface area contributed by atoms with Crippen LogP contribution in [0.3, 0.4) is 0 Å². The van der Waals surface area contributed by atoms with Crippen LogP contribution in [0.1, 0.15) is 45.1 Å². The van der Waals surface area contributed by atoms with Crippen LogP contribution in [-0.4, -0.2) is 23.6 Å². The number of hydrogen-bond donors (Lipinski definition) is 2. The van der Waals surface area contributed by atoms with Crippen LogP contribution in [0.5, 0.6) is 0 Å². The molecule has 0 aliphatic heterocycles. The maximum atomic E-state index is 4.27. The molecule has 1 aromatic rings. The van der Waals surface area contributed by atoms with E-state index >= 15 is 0 Å². The first kappa shape index (κ1) is 19.3. The third kappa shape index (κ3) is 7.77. The molecule has 1 rings (SSSR count). The lowest BCUT2D eigenvalue weighted by Crippen LogP contribution is -2.41. The van der Waals surface area contributed by atoms with Crippen molar-refractivity contribution in [3.63, 3.8) is 0 Å². The monoisotopic (exact) mass is 392 g/mol. The molecule has 20 heavy (non-hydrogen) atoms. The Morgan fingerprint density at radius 1 is 1.40 bits per heavy atom. The maximum absolute atomic E-state index is 4.27. The van der Waals surface area contributed by atoms with E-state index in [-0.39, 0.29) is 24.0 Å². The van der Waals surface area contributed by atoms with Crippen LogP contribution in [0.15, 0.2) is 23.5 Å². The molecule has 2 N–H and O–H groups in total. The number of aryl methyl sites for hydroxylation is 1. The molecule has 0 saturated carbocycles. The second kappa shape index (κ2) is 11.0. The van der Waals surface area contributed by atoms with E-state index in [1.54, 1.807) is 0 Å². The third-order valence-electron chi connectivity index (χ3n) is 3.20. The smallest absolute Gasteiger partial charge is 0.191 e. The zero-order valence-electron chi connectivity index (χ0n) is 13.1. The summed E-state index contributed by atoms with van der Waals surface area (Å²) >= 11 is 0. The molecule has 1 atom stereocenters. The van der Waals surface area contributed by atoms with Gasteiger partial charge in [-0.3, -0.25) is 4.99 Å². The van der Waals surface area contributed by atoms with Gasteiger partial charge < -0.3 is 15.2 Å². The number of aromatic nitrogens is 1. The maximum Gasteiger partial charge on any atom is 0.191 e. The van der Waals surface area contributed by atoms with Gasteiger partial charge in [0, 0.05) is 39.1 Å². The Bertz CT molecular complexity index is 387. The van der Waals surface area contributed by atoms with Gasteiger partial charge in [0.2, 0.25) is 0 Å². The van der Waals surface area contributed by atoms with Crippen LogP contribution in [-0.2, 0) is 13.6 Å². The van der Waals surface area contributed by atoms with Crippen LogP contribution < -0.4 is 10.6 Å². The van der Waals surface area contributed by atoms with E-state index in [0.717, 1.165) is 12.5 Å². The van der Waals surface area contributed by atoms with Crippen LogP contribution in [0.4, 0.5) is 0 Å². The number of nitrogens with zero attached hydrogens (tertiary/aromatic N) is 2. The Morgan fingerprint density at radius 2 is 2.15 bits per heavy atom. The van der Waals surface area contributed by atoms with E-state index in [9.17, 15) is 0 Å². The highest BCUT2D eigenvalue weighted by Gasteiger charge is 2.05. The molecule has 5 heteroatoms. The van der Waals surface area contributed by atoms with E-state index in [0.29, 0.717) is 6.04 Å². The van der Waals surface area contributed by atoms with Gasteiger partial charge in [0.25, 0.3) is 0 Å². The van der Waals surface area contributed by atoms with Crippen molar-refractivity contribution in [2.75, 3.05) is 7.05 Å². The van der Waals surface area contributed by atoms with Gasteiger partial charge in [-0.15, -0.1) is 24.0 Å². The highest BCUT2D eigenvalue weighted by molar-refractivity contribution is 14.0. The highest BCUT2D eigenvalue weighted by Crippen LogP contribution is 2.03. The zero-order valence-corrected chi connectivity index (χ0v) is 15.5. The van der Waals surface area contributed by atoms with Gasteiger partial charge in [0.05, 0.1) is 0 Å². The van der Waals surface area contributed by atoms with Crippen molar-refractivity contribution in [1.29, 1.82) is 0 Å². The first-order valence-electron chi connectivity index (χ1n) is 7.23. The van der Waals surface area contributed by atoms with Crippen molar-refractivity contribution in [3.8, 4) is 0 Å². The molecular formula is C15H29IN4. The van der Waals surface area contributed by atoms with E-state index in [2.05, 4.69) is 52.5 Å². The summed E-state index contributed by atoms with van der Waals surface area (Å²) < 4.78 is 2.06. The minimum absolute atomic E-state index is 0. The summed E-state index contributed by atoms with van der Waals surface area (Å²) in [6, 6.07) is 2.58. The fourth-order valence-electron chi connectivity index (χ4n) is 2.05. The van der Waals surface area contributed by atoms with E-state index < -0.39 is 0 Å². The number of aliphatic imine (C=N–C) groups is 1. The second-order valence-corrected chi connectivity index (χ2v) is 5.15. The number of rotatable bonds is 7. The van der Waals surface area contributed by atoms with Gasteiger partial charge in [-0.05, 0) is 25.0 Å². The van der Waals surface area contributed by atoms with Crippen molar-refractivity contribution in [3.05, 3.63) is 24.0 Å². The van der Waals surface area contributed by atoms with Gasteiger partial charge in [-0.2, -0.15) is 0 Å². The molecule has 0 aromatic carbocycles. The summed E-state index contributed by atoms with van der Waals surface area (Å²) in [5, 5.41) is 6.78. The van der Waals surface area contributed by atoms with E-state index in [1.165, 1.54) is 31.2 Å². The van der Waals surface area contributed by atoms with E-state index in [4.69, 9.17) is 0 Å². The Labute approximate surface area is 140 Å². The molecule has 4 nitrogen and oxygen atoms in total. The van der Waals surface area contributed by atoms with E-state index in [1.807, 2.05) is 14.1 Å². The summed E-state index contributed by atoms with van der Waals surface area (Å²) in [6.07, 6.45) is 9.22. The van der Waals surface area contributed by atoms with Crippen LogP contribution >= 0.6 is 24.0 Å². The minimum Gasteiger partial charge on any atom is -0.357 e. The topological polar surface area (TPSA) is 41.4 Å². The molecule has 1 aromatic heterocycles. The van der Waals surface area contributed by atoms with Crippen molar-refractivity contribution in [2.45, 2.75) is 52.1 Å². The van der Waals surface area contributed by atoms with Gasteiger partial charge >= 0.3 is 0 Å². The SMILES string of the molecule is CCCCCC(C)NC(=NC)NCc1ccn(C)c1.I.